The molecule has 0 aliphatic rings. The van der Waals surface area contributed by atoms with Crippen molar-refractivity contribution in [1.82, 2.24) is 9.78 Å². The standard InChI is InChI=1S/C15H21N3O/c1-4-12-9-13(18(3)17-12)10-19-15-8-6-5-7-14(15)11(2)16/h5-9,11H,4,10,16H2,1-3H3/t11-/m0/s1. The molecule has 0 amide bonds. The molecule has 0 saturated heterocycles. The van der Waals surface area contributed by atoms with Gasteiger partial charge in [0.2, 0.25) is 0 Å². The van der Waals surface area contributed by atoms with Crippen molar-refractivity contribution in [1.29, 1.82) is 0 Å². The van der Waals surface area contributed by atoms with Gasteiger partial charge in [0.05, 0.1) is 11.4 Å². The Morgan fingerprint density at radius 2 is 2.11 bits per heavy atom. The van der Waals surface area contributed by atoms with Gasteiger partial charge in [-0.2, -0.15) is 5.10 Å². The summed E-state index contributed by atoms with van der Waals surface area (Å²) in [6, 6.07) is 9.94. The maximum absolute atomic E-state index is 5.94. The third kappa shape index (κ3) is 3.15. The van der Waals surface area contributed by atoms with Crippen molar-refractivity contribution < 1.29 is 4.74 Å². The van der Waals surface area contributed by atoms with Crippen LogP contribution in [0.25, 0.3) is 0 Å². The molecule has 19 heavy (non-hydrogen) atoms. The molecule has 0 unspecified atom stereocenters. The second-order valence-corrected chi connectivity index (χ2v) is 4.72. The maximum Gasteiger partial charge on any atom is 0.130 e. The van der Waals surface area contributed by atoms with Crippen LogP contribution in [-0.4, -0.2) is 9.78 Å². The maximum atomic E-state index is 5.94. The molecule has 1 aromatic heterocycles. The van der Waals surface area contributed by atoms with Crippen molar-refractivity contribution in [2.24, 2.45) is 12.8 Å². The molecule has 0 aliphatic carbocycles. The van der Waals surface area contributed by atoms with Crippen LogP contribution >= 0.6 is 0 Å². The van der Waals surface area contributed by atoms with Gasteiger partial charge in [-0.05, 0) is 25.5 Å². The minimum Gasteiger partial charge on any atom is -0.487 e. The van der Waals surface area contributed by atoms with E-state index in [2.05, 4.69) is 18.1 Å². The molecule has 1 heterocycles. The summed E-state index contributed by atoms with van der Waals surface area (Å²) in [5.74, 6) is 0.844. The minimum absolute atomic E-state index is 0.0334. The number of ether oxygens (including phenoxy) is 1. The smallest absolute Gasteiger partial charge is 0.130 e. The first-order valence-corrected chi connectivity index (χ1v) is 6.61. The van der Waals surface area contributed by atoms with E-state index in [4.69, 9.17) is 10.5 Å². The summed E-state index contributed by atoms with van der Waals surface area (Å²) >= 11 is 0. The van der Waals surface area contributed by atoms with E-state index in [1.807, 2.05) is 42.9 Å². The van der Waals surface area contributed by atoms with Gasteiger partial charge in [0, 0.05) is 18.7 Å². The average Bonchev–Trinajstić information content (AvgIpc) is 2.77. The lowest BCUT2D eigenvalue weighted by Crippen LogP contribution is -2.09. The number of rotatable bonds is 5. The second-order valence-electron chi connectivity index (χ2n) is 4.72. The van der Waals surface area contributed by atoms with E-state index in [1.54, 1.807) is 0 Å². The number of aromatic nitrogens is 2. The third-order valence-corrected chi connectivity index (χ3v) is 3.17. The molecule has 0 radical (unpaired) electrons. The molecule has 0 bridgehead atoms. The van der Waals surface area contributed by atoms with Crippen LogP contribution in [0.1, 0.15) is 36.8 Å². The Bertz CT molecular complexity index is 546. The largest absolute Gasteiger partial charge is 0.487 e. The first-order valence-electron chi connectivity index (χ1n) is 6.61. The lowest BCUT2D eigenvalue weighted by Gasteiger charge is -2.13. The van der Waals surface area contributed by atoms with Crippen LogP contribution in [0.3, 0.4) is 0 Å². The molecule has 2 N–H and O–H groups in total. The lowest BCUT2D eigenvalue weighted by atomic mass is 10.1. The van der Waals surface area contributed by atoms with Crippen LogP contribution in [-0.2, 0) is 20.1 Å². The van der Waals surface area contributed by atoms with Crippen molar-refractivity contribution in [3.8, 4) is 5.75 Å². The lowest BCUT2D eigenvalue weighted by molar-refractivity contribution is 0.290. The summed E-state index contributed by atoms with van der Waals surface area (Å²) in [6.45, 7) is 4.56. The van der Waals surface area contributed by atoms with Crippen molar-refractivity contribution in [2.45, 2.75) is 32.9 Å². The van der Waals surface area contributed by atoms with Crippen LogP contribution in [0.4, 0.5) is 0 Å². The van der Waals surface area contributed by atoms with Crippen molar-refractivity contribution in [3.63, 3.8) is 0 Å². The fourth-order valence-electron chi connectivity index (χ4n) is 2.02. The first-order chi connectivity index (χ1) is 9.11. The fraction of sp³-hybridized carbons (Fsp3) is 0.400. The zero-order chi connectivity index (χ0) is 13.8. The molecular formula is C15H21N3O. The highest BCUT2D eigenvalue weighted by atomic mass is 16.5. The first kappa shape index (κ1) is 13.6. The summed E-state index contributed by atoms with van der Waals surface area (Å²) in [6.07, 6.45) is 0.935. The summed E-state index contributed by atoms with van der Waals surface area (Å²) in [4.78, 5) is 0. The zero-order valence-electron chi connectivity index (χ0n) is 11.8. The fourth-order valence-corrected chi connectivity index (χ4v) is 2.02. The second kappa shape index (κ2) is 5.89. The van der Waals surface area contributed by atoms with Crippen LogP contribution in [0.5, 0.6) is 5.75 Å². The SMILES string of the molecule is CCc1cc(COc2ccccc2[C@H](C)N)n(C)n1. The summed E-state index contributed by atoms with van der Waals surface area (Å²) in [7, 11) is 1.94. The molecule has 0 fully saturated rings. The van der Waals surface area contributed by atoms with Crippen LogP contribution in [0.2, 0.25) is 0 Å². The number of nitrogens with two attached hydrogens (primary N) is 1. The van der Waals surface area contributed by atoms with Crippen LogP contribution in [0.15, 0.2) is 30.3 Å². The average molecular weight is 259 g/mol. The third-order valence-electron chi connectivity index (χ3n) is 3.17. The number of hydrogen-bond donors (Lipinski definition) is 1. The van der Waals surface area contributed by atoms with E-state index in [0.29, 0.717) is 6.61 Å². The Morgan fingerprint density at radius 1 is 1.37 bits per heavy atom. The van der Waals surface area contributed by atoms with Crippen LogP contribution < -0.4 is 10.5 Å². The van der Waals surface area contributed by atoms with Crippen LogP contribution in [0, 0.1) is 0 Å². The van der Waals surface area contributed by atoms with E-state index in [1.165, 1.54) is 0 Å². The highest BCUT2D eigenvalue weighted by Gasteiger charge is 2.09. The molecule has 1 atom stereocenters. The normalized spacial score (nSPS) is 12.4. The van der Waals surface area contributed by atoms with Gasteiger partial charge in [0.25, 0.3) is 0 Å². The molecular weight excluding hydrogens is 238 g/mol. The van der Waals surface area contributed by atoms with Gasteiger partial charge in [0.1, 0.15) is 12.4 Å². The predicted molar refractivity (Wildman–Crippen MR) is 76.0 cm³/mol. The predicted octanol–water partition coefficient (Wildman–Crippen LogP) is 2.58. The number of benzene rings is 1. The molecule has 0 aliphatic heterocycles. The number of para-hydroxylation sites is 1. The van der Waals surface area contributed by atoms with E-state index in [0.717, 1.165) is 29.1 Å². The Hall–Kier alpha value is -1.81. The number of aryl methyl sites for hydroxylation is 2. The number of hydrogen-bond acceptors (Lipinski definition) is 3. The Morgan fingerprint density at radius 3 is 2.74 bits per heavy atom. The summed E-state index contributed by atoms with van der Waals surface area (Å²) < 4.78 is 7.75. The van der Waals surface area contributed by atoms with Gasteiger partial charge in [-0.25, -0.2) is 0 Å². The molecule has 4 heteroatoms. The van der Waals surface area contributed by atoms with Gasteiger partial charge in [-0.15, -0.1) is 0 Å². The topological polar surface area (TPSA) is 53.1 Å². The Balaban J connectivity index is 2.12. The van der Waals surface area contributed by atoms with Gasteiger partial charge >= 0.3 is 0 Å². The van der Waals surface area contributed by atoms with Gasteiger partial charge < -0.3 is 10.5 Å². The minimum atomic E-state index is -0.0334. The summed E-state index contributed by atoms with van der Waals surface area (Å²) in [5, 5.41) is 4.41. The highest BCUT2D eigenvalue weighted by molar-refractivity contribution is 5.35. The number of nitrogens with zero attached hydrogens (tertiary/aromatic N) is 2. The zero-order valence-corrected chi connectivity index (χ0v) is 11.8. The van der Waals surface area contributed by atoms with Crippen molar-refractivity contribution >= 4 is 0 Å². The van der Waals surface area contributed by atoms with Gasteiger partial charge in [-0.1, -0.05) is 25.1 Å². The molecule has 2 aromatic rings. The summed E-state index contributed by atoms with van der Waals surface area (Å²) in [5.41, 5.74) is 9.12. The van der Waals surface area contributed by atoms with Crippen molar-refractivity contribution in [2.75, 3.05) is 0 Å². The molecule has 0 spiro atoms. The molecule has 0 saturated carbocycles. The van der Waals surface area contributed by atoms with Gasteiger partial charge in [0.15, 0.2) is 0 Å². The van der Waals surface area contributed by atoms with E-state index >= 15 is 0 Å². The highest BCUT2D eigenvalue weighted by Crippen LogP contribution is 2.24. The monoisotopic (exact) mass is 259 g/mol. The van der Waals surface area contributed by atoms with Crippen molar-refractivity contribution in [3.05, 3.63) is 47.3 Å². The Labute approximate surface area is 114 Å². The molecule has 102 valence electrons. The van der Waals surface area contributed by atoms with E-state index in [-0.39, 0.29) is 6.04 Å². The van der Waals surface area contributed by atoms with E-state index < -0.39 is 0 Å². The Kier molecular flexibility index (Phi) is 4.22. The molecule has 4 nitrogen and oxygen atoms in total. The van der Waals surface area contributed by atoms with E-state index in [9.17, 15) is 0 Å². The quantitative estimate of drug-likeness (QED) is 0.898. The van der Waals surface area contributed by atoms with Gasteiger partial charge in [-0.3, -0.25) is 4.68 Å². The molecule has 2 rings (SSSR count). The molecule has 1 aromatic carbocycles.